The van der Waals surface area contributed by atoms with E-state index in [2.05, 4.69) is 18.0 Å². The Hall–Kier alpha value is -0.830. The molecular formula is C9H15NO2. The highest BCUT2D eigenvalue weighted by molar-refractivity contribution is 5.67. The summed E-state index contributed by atoms with van der Waals surface area (Å²) >= 11 is 0. The van der Waals surface area contributed by atoms with Gasteiger partial charge in [-0.2, -0.15) is 0 Å². The van der Waals surface area contributed by atoms with E-state index < -0.39 is 5.97 Å². The van der Waals surface area contributed by atoms with Crippen molar-refractivity contribution in [1.29, 1.82) is 0 Å². The molecule has 0 saturated carbocycles. The highest BCUT2D eigenvalue weighted by Gasteiger charge is 2.09. The number of carboxylic acid groups (broad SMARTS) is 1. The van der Waals surface area contributed by atoms with Gasteiger partial charge in [-0.3, -0.25) is 4.79 Å². The van der Waals surface area contributed by atoms with Gasteiger partial charge in [0.15, 0.2) is 0 Å². The zero-order valence-electron chi connectivity index (χ0n) is 7.42. The number of hydrogen-bond acceptors (Lipinski definition) is 2. The minimum absolute atomic E-state index is 0.264. The Labute approximate surface area is 72.7 Å². The number of rotatable bonds is 3. The molecule has 0 aliphatic carbocycles. The summed E-state index contributed by atoms with van der Waals surface area (Å²) < 4.78 is 0. The van der Waals surface area contributed by atoms with Crippen molar-refractivity contribution in [2.75, 3.05) is 20.1 Å². The van der Waals surface area contributed by atoms with Crippen molar-refractivity contribution in [3.63, 3.8) is 0 Å². The number of carbonyl (C=O) groups is 1. The fraction of sp³-hybridized carbons (Fsp3) is 0.667. The Morgan fingerprint density at radius 3 is 3.08 bits per heavy atom. The maximum atomic E-state index is 10.3. The SMILES string of the molecule is CN1CCC=C(CCC(=O)O)C1. The van der Waals surface area contributed by atoms with E-state index in [1.807, 2.05) is 0 Å². The molecular weight excluding hydrogens is 154 g/mol. The van der Waals surface area contributed by atoms with Crippen LogP contribution < -0.4 is 0 Å². The number of hydrogen-bond donors (Lipinski definition) is 1. The quantitative estimate of drug-likeness (QED) is 0.643. The predicted octanol–water partition coefficient (Wildman–Crippen LogP) is 1.11. The van der Waals surface area contributed by atoms with Gasteiger partial charge in [0.2, 0.25) is 0 Å². The van der Waals surface area contributed by atoms with Crippen LogP contribution in [0.25, 0.3) is 0 Å². The Morgan fingerprint density at radius 2 is 2.50 bits per heavy atom. The second kappa shape index (κ2) is 4.26. The van der Waals surface area contributed by atoms with Gasteiger partial charge in [-0.15, -0.1) is 0 Å². The molecule has 0 spiro atoms. The van der Waals surface area contributed by atoms with Crippen molar-refractivity contribution in [3.8, 4) is 0 Å². The fourth-order valence-electron chi connectivity index (χ4n) is 1.43. The first-order valence-corrected chi connectivity index (χ1v) is 4.26. The largest absolute Gasteiger partial charge is 0.481 e. The van der Waals surface area contributed by atoms with Crippen LogP contribution in [0.2, 0.25) is 0 Å². The van der Waals surface area contributed by atoms with Gasteiger partial charge in [0.25, 0.3) is 0 Å². The predicted molar refractivity (Wildman–Crippen MR) is 47.1 cm³/mol. The summed E-state index contributed by atoms with van der Waals surface area (Å²) in [6.07, 6.45) is 4.20. The van der Waals surface area contributed by atoms with Crippen molar-refractivity contribution in [1.82, 2.24) is 4.90 Å². The number of nitrogens with zero attached hydrogens (tertiary/aromatic N) is 1. The van der Waals surface area contributed by atoms with Gasteiger partial charge in [-0.25, -0.2) is 0 Å². The van der Waals surface area contributed by atoms with Crippen LogP contribution in [0.5, 0.6) is 0 Å². The van der Waals surface area contributed by atoms with E-state index in [1.54, 1.807) is 0 Å². The molecule has 1 aliphatic heterocycles. The van der Waals surface area contributed by atoms with Crippen molar-refractivity contribution < 1.29 is 9.90 Å². The third-order valence-electron chi connectivity index (χ3n) is 2.08. The van der Waals surface area contributed by atoms with Gasteiger partial charge < -0.3 is 10.0 Å². The monoisotopic (exact) mass is 169 g/mol. The van der Waals surface area contributed by atoms with Crippen LogP contribution in [-0.2, 0) is 4.79 Å². The summed E-state index contributed by atoms with van der Waals surface area (Å²) in [6.45, 7) is 2.03. The molecule has 3 nitrogen and oxygen atoms in total. The van der Waals surface area contributed by atoms with Crippen LogP contribution in [0.15, 0.2) is 11.6 Å². The lowest BCUT2D eigenvalue weighted by molar-refractivity contribution is -0.136. The van der Waals surface area contributed by atoms with Gasteiger partial charge in [0.1, 0.15) is 0 Å². The second-order valence-corrected chi connectivity index (χ2v) is 3.28. The molecule has 3 heteroatoms. The van der Waals surface area contributed by atoms with E-state index in [4.69, 9.17) is 5.11 Å². The lowest BCUT2D eigenvalue weighted by Crippen LogP contribution is -2.25. The van der Waals surface area contributed by atoms with Gasteiger partial charge in [-0.05, 0) is 19.9 Å². The third kappa shape index (κ3) is 3.05. The molecule has 0 fully saturated rings. The average molecular weight is 169 g/mol. The molecule has 0 atom stereocenters. The number of aliphatic carboxylic acids is 1. The molecule has 0 unspecified atom stereocenters. The maximum Gasteiger partial charge on any atom is 0.303 e. The minimum atomic E-state index is -0.705. The molecule has 68 valence electrons. The first-order chi connectivity index (χ1) is 5.68. The van der Waals surface area contributed by atoms with Gasteiger partial charge >= 0.3 is 5.97 Å². The maximum absolute atomic E-state index is 10.3. The number of carboxylic acids is 1. The summed E-state index contributed by atoms with van der Waals surface area (Å²) in [7, 11) is 2.06. The van der Waals surface area contributed by atoms with E-state index in [9.17, 15) is 4.79 Å². The topological polar surface area (TPSA) is 40.5 Å². The second-order valence-electron chi connectivity index (χ2n) is 3.28. The van der Waals surface area contributed by atoms with Gasteiger partial charge in [0, 0.05) is 19.5 Å². The van der Waals surface area contributed by atoms with Crippen LogP contribution in [-0.4, -0.2) is 36.1 Å². The highest BCUT2D eigenvalue weighted by Crippen LogP contribution is 2.12. The van der Waals surface area contributed by atoms with E-state index in [0.29, 0.717) is 6.42 Å². The molecule has 1 aliphatic rings. The van der Waals surface area contributed by atoms with Crippen LogP contribution >= 0.6 is 0 Å². The van der Waals surface area contributed by atoms with E-state index in [1.165, 1.54) is 5.57 Å². The van der Waals surface area contributed by atoms with E-state index in [0.717, 1.165) is 19.5 Å². The van der Waals surface area contributed by atoms with Crippen molar-refractivity contribution >= 4 is 5.97 Å². The van der Waals surface area contributed by atoms with Crippen LogP contribution in [0.1, 0.15) is 19.3 Å². The molecule has 0 saturated heterocycles. The van der Waals surface area contributed by atoms with Crippen LogP contribution in [0.3, 0.4) is 0 Å². The number of likely N-dealkylation sites (N-methyl/N-ethyl adjacent to an activating group) is 1. The van der Waals surface area contributed by atoms with Crippen molar-refractivity contribution in [2.24, 2.45) is 0 Å². The summed E-state index contributed by atoms with van der Waals surface area (Å²) in [6, 6.07) is 0. The van der Waals surface area contributed by atoms with Crippen molar-refractivity contribution in [2.45, 2.75) is 19.3 Å². The lowest BCUT2D eigenvalue weighted by Gasteiger charge is -2.22. The van der Waals surface area contributed by atoms with Gasteiger partial charge in [-0.1, -0.05) is 11.6 Å². The first kappa shape index (κ1) is 9.26. The molecule has 0 aromatic heterocycles. The third-order valence-corrected chi connectivity index (χ3v) is 2.08. The lowest BCUT2D eigenvalue weighted by atomic mass is 10.1. The normalized spacial score (nSPS) is 18.9. The van der Waals surface area contributed by atoms with Crippen LogP contribution in [0.4, 0.5) is 0 Å². The Kier molecular flexibility index (Phi) is 3.29. The molecule has 0 aromatic rings. The fourth-order valence-corrected chi connectivity index (χ4v) is 1.43. The molecule has 1 rings (SSSR count). The molecule has 0 bridgehead atoms. The summed E-state index contributed by atoms with van der Waals surface area (Å²) in [4.78, 5) is 12.5. The van der Waals surface area contributed by atoms with Crippen molar-refractivity contribution in [3.05, 3.63) is 11.6 Å². The van der Waals surface area contributed by atoms with E-state index >= 15 is 0 Å². The molecule has 1 N–H and O–H groups in total. The molecule has 0 amide bonds. The van der Waals surface area contributed by atoms with E-state index in [-0.39, 0.29) is 6.42 Å². The summed E-state index contributed by atoms with van der Waals surface area (Å²) in [5.41, 5.74) is 1.27. The van der Waals surface area contributed by atoms with Gasteiger partial charge in [0.05, 0.1) is 0 Å². The zero-order valence-corrected chi connectivity index (χ0v) is 7.42. The Morgan fingerprint density at radius 1 is 1.75 bits per heavy atom. The smallest absolute Gasteiger partial charge is 0.303 e. The average Bonchev–Trinajstić information content (AvgIpc) is 2.01. The standard InChI is InChI=1S/C9H15NO2/c1-10-6-2-3-8(7-10)4-5-9(11)12/h3H,2,4-7H2,1H3,(H,11,12). The summed E-state index contributed by atoms with van der Waals surface area (Å²) in [5, 5.41) is 8.47. The highest BCUT2D eigenvalue weighted by atomic mass is 16.4. The first-order valence-electron chi connectivity index (χ1n) is 4.26. The molecule has 12 heavy (non-hydrogen) atoms. The molecule has 1 heterocycles. The minimum Gasteiger partial charge on any atom is -0.481 e. The Bertz CT molecular complexity index is 199. The molecule has 0 aromatic carbocycles. The zero-order chi connectivity index (χ0) is 8.97. The molecule has 0 radical (unpaired) electrons. The summed E-state index contributed by atoms with van der Waals surface area (Å²) in [5.74, 6) is -0.705. The van der Waals surface area contributed by atoms with Crippen LogP contribution in [0, 0.1) is 0 Å². The Balaban J connectivity index is 2.31.